The summed E-state index contributed by atoms with van der Waals surface area (Å²) in [6.45, 7) is 1.95. The van der Waals surface area contributed by atoms with E-state index in [1.54, 1.807) is 0 Å². The SMILES string of the molecule is CCSn1nnccc1=O. The lowest BCUT2D eigenvalue weighted by Crippen LogP contribution is -2.17. The summed E-state index contributed by atoms with van der Waals surface area (Å²) in [4.78, 5) is 10.8. The van der Waals surface area contributed by atoms with E-state index >= 15 is 0 Å². The molecule has 0 saturated carbocycles. The molecule has 0 radical (unpaired) electrons. The van der Waals surface area contributed by atoms with Crippen molar-refractivity contribution < 1.29 is 0 Å². The van der Waals surface area contributed by atoms with Crippen LogP contribution in [-0.2, 0) is 0 Å². The first kappa shape index (κ1) is 7.27. The maximum atomic E-state index is 10.8. The van der Waals surface area contributed by atoms with E-state index in [2.05, 4.69) is 10.3 Å². The van der Waals surface area contributed by atoms with Crippen LogP contribution in [0.3, 0.4) is 0 Å². The van der Waals surface area contributed by atoms with Gasteiger partial charge in [-0.25, -0.2) is 0 Å². The highest BCUT2D eigenvalue weighted by molar-refractivity contribution is 7.97. The molecule has 0 unspecified atom stereocenters. The van der Waals surface area contributed by atoms with Crippen molar-refractivity contribution in [2.45, 2.75) is 6.92 Å². The van der Waals surface area contributed by atoms with Crippen molar-refractivity contribution in [3.8, 4) is 0 Å². The van der Waals surface area contributed by atoms with Crippen LogP contribution in [0.1, 0.15) is 6.92 Å². The Bertz CT molecular complexity index is 259. The van der Waals surface area contributed by atoms with E-state index in [1.165, 1.54) is 28.3 Å². The second kappa shape index (κ2) is 3.36. The lowest BCUT2D eigenvalue weighted by atomic mass is 10.7. The molecule has 1 aromatic rings. The molecule has 0 N–H and O–H groups in total. The summed E-state index contributed by atoms with van der Waals surface area (Å²) in [5.74, 6) is 0.818. The van der Waals surface area contributed by atoms with E-state index in [1.807, 2.05) is 6.92 Å². The second-order valence-electron chi connectivity index (χ2n) is 1.55. The van der Waals surface area contributed by atoms with E-state index < -0.39 is 0 Å². The Morgan fingerprint density at radius 1 is 1.80 bits per heavy atom. The Kier molecular flexibility index (Phi) is 2.44. The molecule has 5 heteroatoms. The standard InChI is InChI=1S/C5H7N3OS/c1-2-10-8-5(9)3-4-6-7-8/h3-4H,2H2,1H3. The first-order valence-corrected chi connectivity index (χ1v) is 3.83. The van der Waals surface area contributed by atoms with Crippen LogP contribution in [0.2, 0.25) is 0 Å². The predicted octanol–water partition coefficient (Wildman–Crippen LogP) is 0.154. The molecule has 54 valence electrons. The third kappa shape index (κ3) is 1.57. The van der Waals surface area contributed by atoms with Crippen LogP contribution in [0.4, 0.5) is 0 Å². The van der Waals surface area contributed by atoms with Crippen molar-refractivity contribution >= 4 is 11.9 Å². The lowest BCUT2D eigenvalue weighted by Gasteiger charge is -1.94. The molecule has 1 heterocycles. The Labute approximate surface area is 62.4 Å². The largest absolute Gasteiger partial charge is 0.280 e. The smallest absolute Gasteiger partial charge is 0.267 e. The van der Waals surface area contributed by atoms with Gasteiger partial charge in [-0.15, -0.1) is 9.19 Å². The van der Waals surface area contributed by atoms with Gasteiger partial charge >= 0.3 is 0 Å². The average Bonchev–Trinajstić information content (AvgIpc) is 1.94. The number of hydrogen-bond donors (Lipinski definition) is 0. The van der Waals surface area contributed by atoms with Gasteiger partial charge in [0.25, 0.3) is 5.56 Å². The number of hydrogen-bond acceptors (Lipinski definition) is 4. The zero-order chi connectivity index (χ0) is 7.40. The van der Waals surface area contributed by atoms with Crippen molar-refractivity contribution in [2.75, 3.05) is 5.75 Å². The van der Waals surface area contributed by atoms with Crippen LogP contribution < -0.4 is 5.56 Å². The van der Waals surface area contributed by atoms with Gasteiger partial charge in [-0.2, -0.15) is 0 Å². The minimum absolute atomic E-state index is 0.123. The van der Waals surface area contributed by atoms with Gasteiger partial charge in [-0.3, -0.25) is 4.79 Å². The maximum Gasteiger partial charge on any atom is 0.280 e. The molecule has 4 nitrogen and oxygen atoms in total. The topological polar surface area (TPSA) is 47.8 Å². The van der Waals surface area contributed by atoms with Crippen LogP contribution in [0.25, 0.3) is 0 Å². The zero-order valence-corrected chi connectivity index (χ0v) is 6.34. The maximum absolute atomic E-state index is 10.8. The third-order valence-corrected chi connectivity index (χ3v) is 1.61. The van der Waals surface area contributed by atoms with Crippen LogP contribution in [0, 0.1) is 0 Å². The summed E-state index contributed by atoms with van der Waals surface area (Å²) in [6.07, 6.45) is 1.38. The van der Waals surface area contributed by atoms with Gasteiger partial charge in [-0.05, 0) is 11.9 Å². The van der Waals surface area contributed by atoms with E-state index in [0.29, 0.717) is 0 Å². The monoisotopic (exact) mass is 157 g/mol. The van der Waals surface area contributed by atoms with E-state index in [0.717, 1.165) is 5.75 Å². The minimum Gasteiger partial charge on any atom is -0.267 e. The number of nitrogens with zero attached hydrogens (tertiary/aromatic N) is 3. The van der Waals surface area contributed by atoms with Crippen molar-refractivity contribution in [3.05, 3.63) is 22.6 Å². The Hall–Kier alpha value is -0.840. The molecule has 0 aromatic carbocycles. The summed E-state index contributed by atoms with van der Waals surface area (Å²) in [5, 5.41) is 7.14. The summed E-state index contributed by atoms with van der Waals surface area (Å²) < 4.78 is 1.26. The highest BCUT2D eigenvalue weighted by Crippen LogP contribution is 1.94. The Morgan fingerprint density at radius 3 is 3.20 bits per heavy atom. The second-order valence-corrected chi connectivity index (χ2v) is 2.73. The van der Waals surface area contributed by atoms with Gasteiger partial charge in [-0.1, -0.05) is 12.1 Å². The summed E-state index contributed by atoms with van der Waals surface area (Å²) in [6, 6.07) is 1.38. The molecule has 0 aliphatic carbocycles. The van der Waals surface area contributed by atoms with Crippen molar-refractivity contribution in [1.29, 1.82) is 0 Å². The zero-order valence-electron chi connectivity index (χ0n) is 5.52. The molecule has 1 rings (SSSR count). The van der Waals surface area contributed by atoms with Gasteiger partial charge in [0.1, 0.15) is 0 Å². The highest BCUT2D eigenvalue weighted by atomic mass is 32.2. The normalized spacial score (nSPS) is 9.70. The molecule has 0 amide bonds. The van der Waals surface area contributed by atoms with Crippen LogP contribution in [0.5, 0.6) is 0 Å². The summed E-state index contributed by atoms with van der Waals surface area (Å²) in [7, 11) is 0. The number of aromatic nitrogens is 3. The fourth-order valence-electron chi connectivity index (χ4n) is 0.493. The fraction of sp³-hybridized carbons (Fsp3) is 0.400. The van der Waals surface area contributed by atoms with Crippen molar-refractivity contribution in [3.63, 3.8) is 0 Å². The lowest BCUT2D eigenvalue weighted by molar-refractivity contribution is 0.793. The third-order valence-electron chi connectivity index (χ3n) is 0.857. The first-order valence-electron chi connectivity index (χ1n) is 2.89. The molecule has 10 heavy (non-hydrogen) atoms. The molecule has 0 atom stereocenters. The summed E-state index contributed by atoms with van der Waals surface area (Å²) in [5.41, 5.74) is -0.123. The molecule has 0 aliphatic rings. The van der Waals surface area contributed by atoms with Crippen LogP contribution in [-0.4, -0.2) is 20.2 Å². The highest BCUT2D eigenvalue weighted by Gasteiger charge is 1.92. The van der Waals surface area contributed by atoms with Crippen LogP contribution in [0.15, 0.2) is 17.1 Å². The van der Waals surface area contributed by atoms with Gasteiger partial charge in [0, 0.05) is 11.8 Å². The van der Waals surface area contributed by atoms with Crippen LogP contribution >= 0.6 is 11.9 Å². The minimum atomic E-state index is -0.123. The molecule has 0 fully saturated rings. The molecule has 0 saturated heterocycles. The molecular weight excluding hydrogens is 150 g/mol. The molecule has 1 aromatic heterocycles. The average molecular weight is 157 g/mol. The quantitative estimate of drug-likeness (QED) is 0.613. The summed E-state index contributed by atoms with van der Waals surface area (Å²) >= 11 is 1.33. The van der Waals surface area contributed by atoms with Crippen molar-refractivity contribution in [2.24, 2.45) is 0 Å². The molecule has 0 bridgehead atoms. The van der Waals surface area contributed by atoms with Gasteiger partial charge < -0.3 is 0 Å². The van der Waals surface area contributed by atoms with Gasteiger partial charge in [0.2, 0.25) is 0 Å². The number of rotatable bonds is 2. The first-order chi connectivity index (χ1) is 4.84. The van der Waals surface area contributed by atoms with E-state index in [9.17, 15) is 4.79 Å². The van der Waals surface area contributed by atoms with Crippen molar-refractivity contribution in [1.82, 2.24) is 14.4 Å². The van der Waals surface area contributed by atoms with E-state index in [4.69, 9.17) is 0 Å². The molecule has 0 aliphatic heterocycles. The Morgan fingerprint density at radius 2 is 2.60 bits per heavy atom. The van der Waals surface area contributed by atoms with Gasteiger partial charge in [0.05, 0.1) is 6.20 Å². The molecule has 0 spiro atoms. The molecular formula is C5H7N3OS. The fourth-order valence-corrected chi connectivity index (χ4v) is 1.02. The predicted molar refractivity (Wildman–Crippen MR) is 39.8 cm³/mol. The Balaban J connectivity index is 2.92. The van der Waals surface area contributed by atoms with Gasteiger partial charge in [0.15, 0.2) is 0 Å². The van der Waals surface area contributed by atoms with E-state index in [-0.39, 0.29) is 5.56 Å².